The lowest BCUT2D eigenvalue weighted by molar-refractivity contribution is 0.0342. The van der Waals surface area contributed by atoms with Crippen molar-refractivity contribution in [3.05, 3.63) is 59.7 Å². The Morgan fingerprint density at radius 2 is 1.86 bits per heavy atom. The summed E-state index contributed by atoms with van der Waals surface area (Å²) >= 11 is 0. The second-order valence-electron chi connectivity index (χ2n) is 8.53. The van der Waals surface area contributed by atoms with Crippen molar-refractivity contribution in [3.8, 4) is 17.4 Å². The van der Waals surface area contributed by atoms with Gasteiger partial charge in [-0.1, -0.05) is 31.2 Å². The summed E-state index contributed by atoms with van der Waals surface area (Å²) in [6.07, 6.45) is 3.56. The molecule has 182 valence electrons. The maximum absolute atomic E-state index is 14.0. The van der Waals surface area contributed by atoms with Crippen LogP contribution < -0.4 is 10.5 Å². The number of rotatable bonds is 8. The molecule has 1 aliphatic heterocycles. The number of hydrogen-bond donors (Lipinski definition) is 1. The summed E-state index contributed by atoms with van der Waals surface area (Å²) in [4.78, 5) is 19.9. The average Bonchev–Trinajstić information content (AvgIpc) is 3.22. The van der Waals surface area contributed by atoms with Crippen LogP contribution in [0.2, 0.25) is 0 Å². The van der Waals surface area contributed by atoms with E-state index < -0.39 is 5.82 Å². The zero-order chi connectivity index (χ0) is 24.2. The summed E-state index contributed by atoms with van der Waals surface area (Å²) in [7, 11) is 0. The van der Waals surface area contributed by atoms with Crippen molar-refractivity contribution in [1.29, 1.82) is 0 Å². The number of anilines is 1. The van der Waals surface area contributed by atoms with Gasteiger partial charge in [0.15, 0.2) is 17.0 Å². The van der Waals surface area contributed by atoms with E-state index in [0.29, 0.717) is 35.7 Å². The van der Waals surface area contributed by atoms with Gasteiger partial charge >= 0.3 is 6.01 Å². The number of halogens is 1. The highest BCUT2D eigenvalue weighted by Crippen LogP contribution is 2.29. The van der Waals surface area contributed by atoms with E-state index in [2.05, 4.69) is 43.0 Å². The lowest BCUT2D eigenvalue weighted by atomic mass is 10.1. The SMILES string of the molecule is CCCOc1nc(N)c2nc(-c3cncc(F)c3)n(Cc3cccc(CN4CCOCC4)c3)c2n1. The molecule has 1 fully saturated rings. The number of imidazole rings is 1. The molecule has 5 rings (SSSR count). The maximum atomic E-state index is 14.0. The number of pyridine rings is 1. The predicted octanol–water partition coefficient (Wildman–Crippen LogP) is 3.28. The molecule has 0 saturated carbocycles. The van der Waals surface area contributed by atoms with Crippen LogP contribution >= 0.6 is 0 Å². The summed E-state index contributed by atoms with van der Waals surface area (Å²) in [6.45, 7) is 7.16. The lowest BCUT2D eigenvalue weighted by Gasteiger charge is -2.26. The molecule has 9 nitrogen and oxygen atoms in total. The Hall–Kier alpha value is -3.63. The van der Waals surface area contributed by atoms with Crippen LogP contribution in [-0.4, -0.2) is 62.3 Å². The molecule has 0 amide bonds. The topological polar surface area (TPSA) is 104 Å². The van der Waals surface area contributed by atoms with Gasteiger partial charge in [0.1, 0.15) is 11.6 Å². The third-order valence-electron chi connectivity index (χ3n) is 5.84. The van der Waals surface area contributed by atoms with Gasteiger partial charge in [-0.15, -0.1) is 0 Å². The number of nitrogen functional groups attached to an aromatic ring is 1. The minimum absolute atomic E-state index is 0.197. The van der Waals surface area contributed by atoms with Crippen LogP contribution in [0.15, 0.2) is 42.7 Å². The highest BCUT2D eigenvalue weighted by atomic mass is 19.1. The van der Waals surface area contributed by atoms with Gasteiger partial charge in [0.05, 0.1) is 32.6 Å². The van der Waals surface area contributed by atoms with Crippen LogP contribution in [0.1, 0.15) is 24.5 Å². The number of fused-ring (bicyclic) bond motifs is 1. The Kier molecular flexibility index (Phi) is 6.82. The highest BCUT2D eigenvalue weighted by molar-refractivity contribution is 5.85. The van der Waals surface area contributed by atoms with Crippen molar-refractivity contribution in [2.45, 2.75) is 26.4 Å². The minimum Gasteiger partial charge on any atom is -0.463 e. The van der Waals surface area contributed by atoms with Gasteiger partial charge in [0, 0.05) is 31.4 Å². The molecule has 0 bridgehead atoms. The van der Waals surface area contributed by atoms with E-state index >= 15 is 0 Å². The number of aromatic nitrogens is 5. The Labute approximate surface area is 202 Å². The van der Waals surface area contributed by atoms with E-state index in [-0.39, 0.29) is 11.8 Å². The molecule has 0 atom stereocenters. The molecule has 1 aromatic carbocycles. The van der Waals surface area contributed by atoms with Gasteiger partial charge in [0.2, 0.25) is 0 Å². The van der Waals surface area contributed by atoms with Gasteiger partial charge in [0.25, 0.3) is 0 Å². The minimum atomic E-state index is -0.445. The quantitative estimate of drug-likeness (QED) is 0.412. The molecule has 0 radical (unpaired) electrons. The molecule has 1 saturated heterocycles. The average molecular weight is 478 g/mol. The van der Waals surface area contributed by atoms with Crippen molar-refractivity contribution in [3.63, 3.8) is 0 Å². The third-order valence-corrected chi connectivity index (χ3v) is 5.84. The molecule has 1 aliphatic rings. The molecule has 2 N–H and O–H groups in total. The molecule has 0 aliphatic carbocycles. The fraction of sp³-hybridized carbons (Fsp3) is 0.360. The number of nitrogens with zero attached hydrogens (tertiary/aromatic N) is 6. The van der Waals surface area contributed by atoms with E-state index in [4.69, 9.17) is 15.2 Å². The van der Waals surface area contributed by atoms with Crippen molar-refractivity contribution >= 4 is 17.0 Å². The second kappa shape index (κ2) is 10.3. The first-order valence-corrected chi connectivity index (χ1v) is 11.8. The Bertz CT molecular complexity index is 1320. The molecule has 4 heterocycles. The van der Waals surface area contributed by atoms with E-state index in [1.807, 2.05) is 17.6 Å². The van der Waals surface area contributed by atoms with Crippen LogP contribution in [0.25, 0.3) is 22.6 Å². The largest absolute Gasteiger partial charge is 0.463 e. The Morgan fingerprint density at radius 3 is 2.63 bits per heavy atom. The summed E-state index contributed by atoms with van der Waals surface area (Å²) < 4.78 is 27.1. The zero-order valence-corrected chi connectivity index (χ0v) is 19.7. The van der Waals surface area contributed by atoms with Crippen molar-refractivity contribution in [1.82, 2.24) is 29.4 Å². The molecule has 10 heteroatoms. The van der Waals surface area contributed by atoms with Gasteiger partial charge in [-0.05, 0) is 23.6 Å². The first kappa shape index (κ1) is 23.1. The molecule has 3 aromatic heterocycles. The number of morpholine rings is 1. The third kappa shape index (κ3) is 5.23. The lowest BCUT2D eigenvalue weighted by Crippen LogP contribution is -2.35. The fourth-order valence-corrected chi connectivity index (χ4v) is 4.19. The number of ether oxygens (including phenoxy) is 2. The summed E-state index contributed by atoms with van der Waals surface area (Å²) in [5.74, 6) is 0.283. The van der Waals surface area contributed by atoms with Crippen LogP contribution in [-0.2, 0) is 17.8 Å². The van der Waals surface area contributed by atoms with Gasteiger partial charge in [-0.25, -0.2) is 9.37 Å². The number of benzene rings is 1. The van der Waals surface area contributed by atoms with E-state index in [0.717, 1.165) is 51.0 Å². The molecule has 0 unspecified atom stereocenters. The highest BCUT2D eigenvalue weighted by Gasteiger charge is 2.20. The standard InChI is InChI=1S/C25H28FN7O2/c1-2-8-35-25-30-22(27)21-24(31-25)33(23(29-21)19-12-20(26)14-28-13-19)16-18-5-3-4-17(11-18)15-32-6-9-34-10-7-32/h3-5,11-14H,2,6-10,15-16H2,1H3,(H2,27,30,31). The first-order valence-electron chi connectivity index (χ1n) is 11.8. The van der Waals surface area contributed by atoms with Gasteiger partial charge in [-0.3, -0.25) is 9.88 Å². The molecule has 0 spiro atoms. The Morgan fingerprint density at radius 1 is 1.06 bits per heavy atom. The van der Waals surface area contributed by atoms with Crippen molar-refractivity contribution in [2.24, 2.45) is 0 Å². The summed E-state index contributed by atoms with van der Waals surface area (Å²) in [6, 6.07) is 10.0. The molecule has 35 heavy (non-hydrogen) atoms. The van der Waals surface area contributed by atoms with E-state index in [9.17, 15) is 4.39 Å². The monoisotopic (exact) mass is 477 g/mol. The normalized spacial score (nSPS) is 14.5. The van der Waals surface area contributed by atoms with Crippen LogP contribution in [0, 0.1) is 5.82 Å². The number of nitrogens with two attached hydrogens (primary N) is 1. The van der Waals surface area contributed by atoms with Gasteiger partial charge in [-0.2, -0.15) is 9.97 Å². The van der Waals surface area contributed by atoms with Crippen LogP contribution in [0.4, 0.5) is 10.2 Å². The van der Waals surface area contributed by atoms with E-state index in [1.165, 1.54) is 11.6 Å². The smallest absolute Gasteiger partial charge is 0.320 e. The predicted molar refractivity (Wildman–Crippen MR) is 130 cm³/mol. The van der Waals surface area contributed by atoms with Crippen LogP contribution in [0.3, 0.4) is 0 Å². The van der Waals surface area contributed by atoms with Gasteiger partial charge < -0.3 is 19.8 Å². The summed E-state index contributed by atoms with van der Waals surface area (Å²) in [5, 5.41) is 0. The van der Waals surface area contributed by atoms with Crippen LogP contribution in [0.5, 0.6) is 6.01 Å². The van der Waals surface area contributed by atoms with E-state index in [1.54, 1.807) is 6.20 Å². The Balaban J connectivity index is 1.55. The van der Waals surface area contributed by atoms with Crippen molar-refractivity contribution < 1.29 is 13.9 Å². The first-order chi connectivity index (χ1) is 17.1. The van der Waals surface area contributed by atoms with Crippen molar-refractivity contribution in [2.75, 3.05) is 38.6 Å². The maximum Gasteiger partial charge on any atom is 0.320 e. The summed E-state index contributed by atoms with van der Waals surface area (Å²) in [5.41, 5.74) is 10.0. The second-order valence-corrected chi connectivity index (χ2v) is 8.53. The fourth-order valence-electron chi connectivity index (χ4n) is 4.19. The molecule has 4 aromatic rings. The molecular formula is C25H28FN7O2. The zero-order valence-electron chi connectivity index (χ0n) is 19.7. The number of hydrogen-bond acceptors (Lipinski definition) is 8. The molecular weight excluding hydrogens is 449 g/mol.